The van der Waals surface area contributed by atoms with Gasteiger partial charge in [-0.05, 0) is 38.3 Å². The molecule has 2 aliphatic rings. The monoisotopic (exact) mass is 262 g/mol. The minimum absolute atomic E-state index is 0.141. The van der Waals surface area contributed by atoms with Crippen LogP contribution in [0.25, 0.3) is 0 Å². The highest BCUT2D eigenvalue weighted by Crippen LogP contribution is 2.30. The second-order valence-electron chi connectivity index (χ2n) is 5.29. The molecule has 5 nitrogen and oxygen atoms in total. The van der Waals surface area contributed by atoms with Crippen molar-refractivity contribution in [2.45, 2.75) is 38.3 Å². The first-order valence-corrected chi connectivity index (χ1v) is 6.79. The first-order valence-electron chi connectivity index (χ1n) is 6.79. The molecule has 1 N–H and O–H groups in total. The van der Waals surface area contributed by atoms with Gasteiger partial charge in [-0.15, -0.1) is 0 Å². The Morgan fingerprint density at radius 3 is 3.05 bits per heavy atom. The molecule has 0 spiro atoms. The fraction of sp³-hybridized carbons (Fsp3) is 0.571. The van der Waals surface area contributed by atoms with Crippen LogP contribution in [0.1, 0.15) is 35.3 Å². The zero-order valence-electron chi connectivity index (χ0n) is 11.0. The lowest BCUT2D eigenvalue weighted by Gasteiger charge is -2.37. The summed E-state index contributed by atoms with van der Waals surface area (Å²) < 4.78 is 5.69. The molecule has 0 radical (unpaired) electrons. The first-order chi connectivity index (χ1) is 9.16. The van der Waals surface area contributed by atoms with Crippen LogP contribution >= 0.6 is 0 Å². The molecule has 19 heavy (non-hydrogen) atoms. The Morgan fingerprint density at radius 1 is 1.42 bits per heavy atom. The van der Waals surface area contributed by atoms with Gasteiger partial charge in [-0.25, -0.2) is 0 Å². The zero-order valence-corrected chi connectivity index (χ0v) is 11.0. The molecular weight excluding hydrogens is 244 g/mol. The molecule has 3 rings (SSSR count). The number of aromatic nitrogens is 1. The predicted octanol–water partition coefficient (Wildman–Crippen LogP) is 1.08. The quantitative estimate of drug-likeness (QED) is 0.823. The van der Waals surface area contributed by atoms with Gasteiger partial charge in [0, 0.05) is 12.2 Å². The maximum Gasteiger partial charge on any atom is 0.260 e. The van der Waals surface area contributed by atoms with E-state index in [0.717, 1.165) is 25.0 Å². The number of pyridine rings is 1. The van der Waals surface area contributed by atoms with Crippen LogP contribution < -0.4 is 5.56 Å². The lowest BCUT2D eigenvalue weighted by molar-refractivity contribution is -0.0446. The maximum absolute atomic E-state index is 12.5. The van der Waals surface area contributed by atoms with Gasteiger partial charge in [0.05, 0.1) is 18.8 Å². The van der Waals surface area contributed by atoms with Gasteiger partial charge in [-0.3, -0.25) is 9.59 Å². The molecule has 1 aliphatic carbocycles. The summed E-state index contributed by atoms with van der Waals surface area (Å²) in [7, 11) is 0. The molecular formula is C14H18N2O3. The normalized spacial score (nSPS) is 26.3. The molecule has 1 saturated heterocycles. The Balaban J connectivity index is 1.88. The van der Waals surface area contributed by atoms with Crippen LogP contribution in [-0.2, 0) is 4.74 Å². The molecule has 0 bridgehead atoms. The number of aryl methyl sites for hydroxylation is 1. The number of carbonyl (C=O) groups excluding carboxylic acids is 1. The number of nitrogens with one attached hydrogen (secondary N) is 1. The molecule has 1 aromatic heterocycles. The van der Waals surface area contributed by atoms with Crippen LogP contribution in [0.15, 0.2) is 16.9 Å². The fourth-order valence-corrected chi connectivity index (χ4v) is 3.07. The van der Waals surface area contributed by atoms with Gasteiger partial charge in [0.15, 0.2) is 0 Å². The third-order valence-electron chi connectivity index (χ3n) is 4.03. The van der Waals surface area contributed by atoms with E-state index < -0.39 is 0 Å². The van der Waals surface area contributed by atoms with E-state index in [2.05, 4.69) is 4.98 Å². The van der Waals surface area contributed by atoms with Crippen molar-refractivity contribution in [1.82, 2.24) is 9.88 Å². The van der Waals surface area contributed by atoms with Gasteiger partial charge in [-0.2, -0.15) is 0 Å². The second kappa shape index (κ2) is 4.81. The van der Waals surface area contributed by atoms with Crippen molar-refractivity contribution >= 4 is 5.91 Å². The molecule has 1 amide bonds. The number of hydrogen-bond donors (Lipinski definition) is 1. The SMILES string of the molecule is Cc1ccc(C(=O)N2CCO[C@@H]3CCC[C@@H]32)c(=O)[nH]1. The number of fused-ring (bicyclic) bond motifs is 1. The van der Waals surface area contributed by atoms with Crippen molar-refractivity contribution in [3.05, 3.63) is 33.7 Å². The Bertz CT molecular complexity index is 552. The Hall–Kier alpha value is -1.62. The molecule has 1 saturated carbocycles. The summed E-state index contributed by atoms with van der Waals surface area (Å²) in [6, 6.07) is 3.53. The van der Waals surface area contributed by atoms with E-state index in [9.17, 15) is 9.59 Å². The second-order valence-corrected chi connectivity index (χ2v) is 5.29. The van der Waals surface area contributed by atoms with Crippen molar-refractivity contribution in [1.29, 1.82) is 0 Å². The smallest absolute Gasteiger partial charge is 0.260 e. The van der Waals surface area contributed by atoms with E-state index in [0.29, 0.717) is 13.2 Å². The molecule has 2 atom stereocenters. The van der Waals surface area contributed by atoms with Gasteiger partial charge in [0.1, 0.15) is 5.56 Å². The molecule has 0 unspecified atom stereocenters. The van der Waals surface area contributed by atoms with E-state index in [1.807, 2.05) is 4.90 Å². The lowest BCUT2D eigenvalue weighted by atomic mass is 10.1. The standard InChI is InChI=1S/C14H18N2O3/c1-9-5-6-10(13(17)15-9)14(18)16-7-8-19-12-4-2-3-11(12)16/h5-6,11-12H,2-4,7-8H2,1H3,(H,15,17)/t11-,12+/m0/s1. The summed E-state index contributed by atoms with van der Waals surface area (Å²) in [5, 5.41) is 0. The number of hydrogen-bond acceptors (Lipinski definition) is 3. The highest BCUT2D eigenvalue weighted by molar-refractivity contribution is 5.94. The number of rotatable bonds is 1. The van der Waals surface area contributed by atoms with Crippen molar-refractivity contribution in [2.75, 3.05) is 13.2 Å². The maximum atomic E-state index is 12.5. The number of amides is 1. The summed E-state index contributed by atoms with van der Waals surface area (Å²) in [5.74, 6) is -0.165. The minimum Gasteiger partial charge on any atom is -0.374 e. The van der Waals surface area contributed by atoms with E-state index in [1.54, 1.807) is 19.1 Å². The van der Waals surface area contributed by atoms with Crippen molar-refractivity contribution < 1.29 is 9.53 Å². The van der Waals surface area contributed by atoms with Gasteiger partial charge < -0.3 is 14.6 Å². The summed E-state index contributed by atoms with van der Waals surface area (Å²) in [6.45, 7) is 2.95. The van der Waals surface area contributed by atoms with Crippen LogP contribution in [-0.4, -0.2) is 41.1 Å². The summed E-state index contributed by atoms with van der Waals surface area (Å²) in [4.78, 5) is 28.9. The molecule has 1 aliphatic heterocycles. The van der Waals surface area contributed by atoms with Crippen LogP contribution in [0, 0.1) is 6.92 Å². The average Bonchev–Trinajstić information content (AvgIpc) is 2.86. The third-order valence-corrected chi connectivity index (χ3v) is 4.03. The molecule has 5 heteroatoms. The van der Waals surface area contributed by atoms with Gasteiger partial charge in [-0.1, -0.05) is 0 Å². The average molecular weight is 262 g/mol. The molecule has 0 aromatic carbocycles. The Labute approximate surface area is 111 Å². The first kappa shape index (κ1) is 12.4. The molecule has 2 heterocycles. The van der Waals surface area contributed by atoms with Crippen molar-refractivity contribution in [3.63, 3.8) is 0 Å². The van der Waals surface area contributed by atoms with E-state index in [1.165, 1.54) is 0 Å². The van der Waals surface area contributed by atoms with Gasteiger partial charge >= 0.3 is 0 Å². The summed E-state index contributed by atoms with van der Waals surface area (Å²) >= 11 is 0. The summed E-state index contributed by atoms with van der Waals surface area (Å²) in [6.07, 6.45) is 3.23. The Morgan fingerprint density at radius 2 is 2.26 bits per heavy atom. The number of H-pyrrole nitrogens is 1. The van der Waals surface area contributed by atoms with E-state index in [-0.39, 0.29) is 29.2 Å². The fourth-order valence-electron chi connectivity index (χ4n) is 3.07. The lowest BCUT2D eigenvalue weighted by Crippen LogP contribution is -2.52. The van der Waals surface area contributed by atoms with Crippen LogP contribution in [0.3, 0.4) is 0 Å². The molecule has 1 aromatic rings. The van der Waals surface area contributed by atoms with E-state index >= 15 is 0 Å². The summed E-state index contributed by atoms with van der Waals surface area (Å²) in [5.41, 5.74) is 0.700. The number of nitrogens with zero attached hydrogens (tertiary/aromatic N) is 1. The minimum atomic E-state index is -0.300. The van der Waals surface area contributed by atoms with E-state index in [4.69, 9.17) is 4.74 Å². The largest absolute Gasteiger partial charge is 0.374 e. The van der Waals surface area contributed by atoms with Crippen molar-refractivity contribution in [2.24, 2.45) is 0 Å². The van der Waals surface area contributed by atoms with Gasteiger partial charge in [0.2, 0.25) is 0 Å². The highest BCUT2D eigenvalue weighted by Gasteiger charge is 2.39. The Kier molecular flexibility index (Phi) is 3.14. The highest BCUT2D eigenvalue weighted by atomic mass is 16.5. The number of morpholine rings is 1. The number of ether oxygens (including phenoxy) is 1. The van der Waals surface area contributed by atoms with Crippen molar-refractivity contribution in [3.8, 4) is 0 Å². The predicted molar refractivity (Wildman–Crippen MR) is 70.2 cm³/mol. The molecule has 102 valence electrons. The zero-order chi connectivity index (χ0) is 13.4. The van der Waals surface area contributed by atoms with Crippen LogP contribution in [0.4, 0.5) is 0 Å². The molecule has 2 fully saturated rings. The third kappa shape index (κ3) is 2.18. The number of aromatic amines is 1. The topological polar surface area (TPSA) is 62.4 Å². The van der Waals surface area contributed by atoms with Crippen LogP contribution in [0.2, 0.25) is 0 Å². The van der Waals surface area contributed by atoms with Crippen LogP contribution in [0.5, 0.6) is 0 Å². The van der Waals surface area contributed by atoms with Gasteiger partial charge in [0.25, 0.3) is 11.5 Å². The number of carbonyl (C=O) groups is 1.